The molecule has 2 aliphatic heterocycles. The lowest BCUT2D eigenvalue weighted by Crippen LogP contribution is -2.51. The molecule has 82 valence electrons. The molecular formula is C9H17ClN2O2. The fourth-order valence-electron chi connectivity index (χ4n) is 1.64. The third-order valence-corrected chi connectivity index (χ3v) is 2.68. The zero-order chi connectivity index (χ0) is 9.10. The lowest BCUT2D eigenvalue weighted by molar-refractivity contribution is -0.126. The summed E-state index contributed by atoms with van der Waals surface area (Å²) in [5.41, 5.74) is 0. The molecule has 0 aliphatic carbocycles. The molecule has 14 heavy (non-hydrogen) atoms. The summed E-state index contributed by atoms with van der Waals surface area (Å²) >= 11 is 0. The van der Waals surface area contributed by atoms with E-state index in [0.717, 1.165) is 32.5 Å². The molecule has 5 heteroatoms. The standard InChI is InChI=1S/C9H16N2O2.ClH/c12-9(7-4-10-5-7)11-6-8-2-1-3-13-8;/h7-8,10H,1-6H2,(H,11,12);1H. The Morgan fingerprint density at radius 3 is 2.79 bits per heavy atom. The first-order valence-electron chi connectivity index (χ1n) is 4.96. The summed E-state index contributed by atoms with van der Waals surface area (Å²) in [5, 5.41) is 6.00. The lowest BCUT2D eigenvalue weighted by atomic mass is 10.0. The van der Waals surface area contributed by atoms with Crippen LogP contribution in [0.4, 0.5) is 0 Å². The number of carbonyl (C=O) groups excluding carboxylic acids is 1. The monoisotopic (exact) mass is 220 g/mol. The van der Waals surface area contributed by atoms with Gasteiger partial charge in [0.1, 0.15) is 0 Å². The highest BCUT2D eigenvalue weighted by atomic mass is 35.5. The number of carbonyl (C=O) groups is 1. The van der Waals surface area contributed by atoms with Crippen LogP contribution in [0.1, 0.15) is 12.8 Å². The molecule has 2 rings (SSSR count). The van der Waals surface area contributed by atoms with Crippen molar-refractivity contribution < 1.29 is 9.53 Å². The van der Waals surface area contributed by atoms with E-state index in [-0.39, 0.29) is 30.3 Å². The van der Waals surface area contributed by atoms with Crippen LogP contribution in [0.15, 0.2) is 0 Å². The summed E-state index contributed by atoms with van der Waals surface area (Å²) in [5.74, 6) is 0.371. The molecule has 0 radical (unpaired) electrons. The molecule has 0 aromatic carbocycles. The number of hydrogen-bond donors (Lipinski definition) is 2. The fraction of sp³-hybridized carbons (Fsp3) is 0.889. The average Bonchev–Trinajstić information content (AvgIpc) is 2.49. The van der Waals surface area contributed by atoms with Gasteiger partial charge in [-0.3, -0.25) is 4.79 Å². The number of hydrogen-bond acceptors (Lipinski definition) is 3. The largest absolute Gasteiger partial charge is 0.376 e. The predicted octanol–water partition coefficient (Wildman–Crippen LogP) is -0.0772. The third-order valence-electron chi connectivity index (χ3n) is 2.68. The van der Waals surface area contributed by atoms with E-state index in [2.05, 4.69) is 10.6 Å². The van der Waals surface area contributed by atoms with Gasteiger partial charge in [0.15, 0.2) is 0 Å². The fourth-order valence-corrected chi connectivity index (χ4v) is 1.64. The van der Waals surface area contributed by atoms with E-state index < -0.39 is 0 Å². The number of ether oxygens (including phenoxy) is 1. The van der Waals surface area contributed by atoms with Crippen molar-refractivity contribution in [2.75, 3.05) is 26.2 Å². The first kappa shape index (κ1) is 11.8. The molecule has 1 unspecified atom stereocenters. The van der Waals surface area contributed by atoms with Gasteiger partial charge in [0.05, 0.1) is 12.0 Å². The second-order valence-corrected chi connectivity index (χ2v) is 3.74. The van der Waals surface area contributed by atoms with Crippen LogP contribution in [0, 0.1) is 5.92 Å². The van der Waals surface area contributed by atoms with E-state index in [1.165, 1.54) is 0 Å². The molecule has 1 atom stereocenters. The topological polar surface area (TPSA) is 50.4 Å². The molecule has 0 aromatic rings. The van der Waals surface area contributed by atoms with Crippen LogP contribution in [0.5, 0.6) is 0 Å². The summed E-state index contributed by atoms with van der Waals surface area (Å²) < 4.78 is 5.40. The Kier molecular flexibility index (Phi) is 4.65. The maximum absolute atomic E-state index is 11.4. The Morgan fingerprint density at radius 2 is 2.29 bits per heavy atom. The molecule has 2 fully saturated rings. The molecule has 0 aromatic heterocycles. The molecule has 4 nitrogen and oxygen atoms in total. The molecule has 0 bridgehead atoms. The normalized spacial score (nSPS) is 26.4. The van der Waals surface area contributed by atoms with Gasteiger partial charge in [-0.15, -0.1) is 12.4 Å². The summed E-state index contributed by atoms with van der Waals surface area (Å²) in [6, 6.07) is 0. The second-order valence-electron chi connectivity index (χ2n) is 3.74. The van der Waals surface area contributed by atoms with Crippen molar-refractivity contribution in [3.05, 3.63) is 0 Å². The summed E-state index contributed by atoms with van der Waals surface area (Å²) in [7, 11) is 0. The van der Waals surface area contributed by atoms with Crippen molar-refractivity contribution in [1.29, 1.82) is 0 Å². The second kappa shape index (κ2) is 5.53. The van der Waals surface area contributed by atoms with Crippen molar-refractivity contribution in [2.45, 2.75) is 18.9 Å². The van der Waals surface area contributed by atoms with Crippen molar-refractivity contribution in [3.8, 4) is 0 Å². The Bertz CT molecular complexity index is 191. The SMILES string of the molecule is Cl.O=C(NCC1CCCO1)C1CNC1. The van der Waals surface area contributed by atoms with Crippen LogP contribution in [-0.2, 0) is 9.53 Å². The minimum Gasteiger partial charge on any atom is -0.376 e. The molecule has 2 N–H and O–H groups in total. The van der Waals surface area contributed by atoms with Crippen molar-refractivity contribution in [2.24, 2.45) is 5.92 Å². The maximum Gasteiger partial charge on any atom is 0.225 e. The Hall–Kier alpha value is -0.320. The average molecular weight is 221 g/mol. The predicted molar refractivity (Wildman–Crippen MR) is 55.6 cm³/mol. The van der Waals surface area contributed by atoms with Gasteiger partial charge in [0.2, 0.25) is 5.91 Å². The first-order chi connectivity index (χ1) is 6.36. The third kappa shape index (κ3) is 2.83. The van der Waals surface area contributed by atoms with E-state index in [1.54, 1.807) is 0 Å². The minimum atomic E-state index is 0. The highest BCUT2D eigenvalue weighted by molar-refractivity contribution is 5.85. The van der Waals surface area contributed by atoms with Crippen LogP contribution in [-0.4, -0.2) is 38.3 Å². The summed E-state index contributed by atoms with van der Waals surface area (Å²) in [6.07, 6.45) is 2.48. The van der Waals surface area contributed by atoms with Crippen LogP contribution >= 0.6 is 12.4 Å². The zero-order valence-corrected chi connectivity index (χ0v) is 8.94. The number of halogens is 1. The molecule has 2 heterocycles. The number of amides is 1. The Morgan fingerprint density at radius 1 is 1.50 bits per heavy atom. The maximum atomic E-state index is 11.4. The van der Waals surface area contributed by atoms with Gasteiger partial charge in [-0.1, -0.05) is 0 Å². The van der Waals surface area contributed by atoms with Crippen molar-refractivity contribution in [3.63, 3.8) is 0 Å². The summed E-state index contributed by atoms with van der Waals surface area (Å²) in [4.78, 5) is 11.4. The summed E-state index contributed by atoms with van der Waals surface area (Å²) in [6.45, 7) is 3.20. The highest BCUT2D eigenvalue weighted by Crippen LogP contribution is 2.11. The van der Waals surface area contributed by atoms with Gasteiger partial charge in [-0.05, 0) is 12.8 Å². The molecule has 2 saturated heterocycles. The minimum absolute atomic E-state index is 0. The van der Waals surface area contributed by atoms with Crippen LogP contribution in [0.2, 0.25) is 0 Å². The number of rotatable bonds is 3. The van der Waals surface area contributed by atoms with Gasteiger partial charge in [-0.25, -0.2) is 0 Å². The number of nitrogens with one attached hydrogen (secondary N) is 2. The van der Waals surface area contributed by atoms with E-state index in [0.29, 0.717) is 6.54 Å². The highest BCUT2D eigenvalue weighted by Gasteiger charge is 2.25. The van der Waals surface area contributed by atoms with Crippen LogP contribution in [0.3, 0.4) is 0 Å². The molecular weight excluding hydrogens is 204 g/mol. The van der Waals surface area contributed by atoms with Gasteiger partial charge >= 0.3 is 0 Å². The Labute approximate surface area is 90.2 Å². The molecule has 0 spiro atoms. The molecule has 2 aliphatic rings. The van der Waals surface area contributed by atoms with E-state index in [9.17, 15) is 4.79 Å². The van der Waals surface area contributed by atoms with Crippen LogP contribution < -0.4 is 10.6 Å². The Balaban J connectivity index is 0.000000980. The van der Waals surface area contributed by atoms with Crippen molar-refractivity contribution in [1.82, 2.24) is 10.6 Å². The molecule has 0 saturated carbocycles. The lowest BCUT2D eigenvalue weighted by Gasteiger charge is -2.26. The van der Waals surface area contributed by atoms with Gasteiger partial charge in [0.25, 0.3) is 0 Å². The quantitative estimate of drug-likeness (QED) is 0.700. The smallest absolute Gasteiger partial charge is 0.225 e. The van der Waals surface area contributed by atoms with E-state index in [1.807, 2.05) is 0 Å². The molecule has 1 amide bonds. The van der Waals surface area contributed by atoms with E-state index >= 15 is 0 Å². The van der Waals surface area contributed by atoms with Gasteiger partial charge in [-0.2, -0.15) is 0 Å². The van der Waals surface area contributed by atoms with Gasteiger partial charge < -0.3 is 15.4 Å². The van der Waals surface area contributed by atoms with E-state index in [4.69, 9.17) is 4.74 Å². The zero-order valence-electron chi connectivity index (χ0n) is 8.12. The van der Waals surface area contributed by atoms with Crippen LogP contribution in [0.25, 0.3) is 0 Å². The van der Waals surface area contributed by atoms with Gasteiger partial charge in [0, 0.05) is 26.2 Å². The first-order valence-corrected chi connectivity index (χ1v) is 4.96. The van der Waals surface area contributed by atoms with Crippen molar-refractivity contribution >= 4 is 18.3 Å².